The van der Waals surface area contributed by atoms with Crippen LogP contribution in [-0.2, 0) is 14.3 Å². The van der Waals surface area contributed by atoms with Crippen molar-refractivity contribution in [2.45, 2.75) is 39.8 Å². The third-order valence-corrected chi connectivity index (χ3v) is 5.32. The van der Waals surface area contributed by atoms with Crippen molar-refractivity contribution in [3.63, 3.8) is 0 Å². The molecule has 4 nitrogen and oxygen atoms in total. The van der Waals surface area contributed by atoms with E-state index >= 15 is 0 Å². The zero-order valence-corrected chi connectivity index (χ0v) is 16.4. The van der Waals surface area contributed by atoms with E-state index in [1.54, 1.807) is 11.0 Å². The van der Waals surface area contributed by atoms with Gasteiger partial charge in [0.2, 0.25) is 0 Å². The first-order valence-electron chi connectivity index (χ1n) is 8.14. The van der Waals surface area contributed by atoms with Crippen LogP contribution in [0, 0.1) is 0 Å². The molecule has 0 atom stereocenters. The molecule has 0 unspecified atom stereocenters. The van der Waals surface area contributed by atoms with Crippen molar-refractivity contribution >= 4 is 51.0 Å². The molecule has 0 aliphatic rings. The first-order chi connectivity index (χ1) is 11.8. The number of ether oxygens (including phenoxy) is 1. The van der Waals surface area contributed by atoms with Gasteiger partial charge in [-0.05, 0) is 39.8 Å². The van der Waals surface area contributed by atoms with Crippen LogP contribution in [0.15, 0.2) is 30.3 Å². The van der Waals surface area contributed by atoms with Crippen LogP contribution in [0.3, 0.4) is 0 Å². The summed E-state index contributed by atoms with van der Waals surface area (Å²) in [6, 6.07) is 7.89. The average Bonchev–Trinajstić information content (AvgIpc) is 2.87. The number of carbonyl (C=O) groups excluding carboxylic acids is 2. The Kier molecular flexibility index (Phi) is 6.62. The number of esters is 1. The van der Waals surface area contributed by atoms with E-state index in [9.17, 15) is 9.59 Å². The van der Waals surface area contributed by atoms with E-state index in [2.05, 4.69) is 0 Å². The average molecular weight is 380 g/mol. The highest BCUT2D eigenvalue weighted by molar-refractivity contribution is 7.20. The molecule has 0 spiro atoms. The van der Waals surface area contributed by atoms with Crippen molar-refractivity contribution < 1.29 is 14.3 Å². The summed E-state index contributed by atoms with van der Waals surface area (Å²) in [4.78, 5) is 26.6. The van der Waals surface area contributed by atoms with Crippen molar-refractivity contribution in [1.29, 1.82) is 0 Å². The highest BCUT2D eigenvalue weighted by Gasteiger charge is 2.20. The van der Waals surface area contributed by atoms with Gasteiger partial charge >= 0.3 is 5.97 Å². The zero-order chi connectivity index (χ0) is 18.6. The molecule has 1 aromatic carbocycles. The first kappa shape index (κ1) is 19.5. The van der Waals surface area contributed by atoms with Crippen LogP contribution in [0.5, 0.6) is 0 Å². The Morgan fingerprint density at radius 1 is 1.20 bits per heavy atom. The Morgan fingerprint density at radius 2 is 1.84 bits per heavy atom. The second-order valence-corrected chi connectivity index (χ2v) is 7.67. The standard InChI is InChI=1S/C19H22ClNO3S/c1-12(2)21(13(3)4)17(22)11-24-18(23)10-9-16-19(20)14-7-5-6-8-15(14)25-16/h5-10,12-13H,11H2,1-4H3/b10-9+. The summed E-state index contributed by atoms with van der Waals surface area (Å²) in [7, 11) is 0. The van der Waals surface area contributed by atoms with Crippen LogP contribution in [0.2, 0.25) is 5.02 Å². The van der Waals surface area contributed by atoms with Crippen molar-refractivity contribution in [2.75, 3.05) is 6.61 Å². The zero-order valence-electron chi connectivity index (χ0n) is 14.8. The lowest BCUT2D eigenvalue weighted by molar-refractivity contribution is -0.150. The van der Waals surface area contributed by atoms with E-state index in [4.69, 9.17) is 16.3 Å². The summed E-state index contributed by atoms with van der Waals surface area (Å²) >= 11 is 7.83. The number of hydrogen-bond donors (Lipinski definition) is 0. The van der Waals surface area contributed by atoms with Gasteiger partial charge in [0.05, 0.1) is 5.02 Å². The van der Waals surface area contributed by atoms with Gasteiger partial charge in [-0.1, -0.05) is 29.8 Å². The predicted octanol–water partition coefficient (Wildman–Crippen LogP) is 4.76. The lowest BCUT2D eigenvalue weighted by Crippen LogP contribution is -2.44. The van der Waals surface area contributed by atoms with Gasteiger partial charge in [0.25, 0.3) is 5.91 Å². The minimum atomic E-state index is -0.561. The second-order valence-electron chi connectivity index (χ2n) is 6.21. The fourth-order valence-corrected chi connectivity index (χ4v) is 4.11. The summed E-state index contributed by atoms with van der Waals surface area (Å²) in [6.45, 7) is 7.47. The lowest BCUT2D eigenvalue weighted by Gasteiger charge is -2.30. The van der Waals surface area contributed by atoms with E-state index in [-0.39, 0.29) is 24.6 Å². The molecule has 2 rings (SSSR count). The molecule has 0 fully saturated rings. The number of nitrogens with zero attached hydrogens (tertiary/aromatic N) is 1. The molecule has 2 aromatic rings. The SMILES string of the molecule is CC(C)N(C(=O)COC(=O)/C=C/c1sc2ccccc2c1Cl)C(C)C. The molecule has 0 radical (unpaired) electrons. The number of benzene rings is 1. The number of fused-ring (bicyclic) bond motifs is 1. The van der Waals surface area contributed by atoms with Crippen molar-refractivity contribution in [2.24, 2.45) is 0 Å². The molecular formula is C19H22ClNO3S. The fourth-order valence-electron chi connectivity index (χ4n) is 2.71. The van der Waals surface area contributed by atoms with Crippen LogP contribution < -0.4 is 0 Å². The van der Waals surface area contributed by atoms with Gasteiger partial charge in [0.1, 0.15) is 0 Å². The van der Waals surface area contributed by atoms with Crippen LogP contribution >= 0.6 is 22.9 Å². The van der Waals surface area contributed by atoms with Gasteiger partial charge in [-0.3, -0.25) is 4.79 Å². The van der Waals surface area contributed by atoms with Crippen LogP contribution in [0.1, 0.15) is 32.6 Å². The largest absolute Gasteiger partial charge is 0.452 e. The molecule has 25 heavy (non-hydrogen) atoms. The summed E-state index contributed by atoms with van der Waals surface area (Å²) in [5.74, 6) is -0.763. The second kappa shape index (κ2) is 8.50. The Labute approximate surface area is 157 Å². The van der Waals surface area contributed by atoms with Gasteiger partial charge in [0.15, 0.2) is 6.61 Å². The van der Waals surface area contributed by atoms with Crippen LogP contribution in [0.4, 0.5) is 0 Å². The van der Waals surface area contributed by atoms with E-state index in [1.165, 1.54) is 17.4 Å². The van der Waals surface area contributed by atoms with Crippen LogP contribution in [0.25, 0.3) is 16.2 Å². The predicted molar refractivity (Wildman–Crippen MR) is 104 cm³/mol. The first-order valence-corrected chi connectivity index (χ1v) is 9.33. The molecule has 1 heterocycles. The molecule has 6 heteroatoms. The lowest BCUT2D eigenvalue weighted by atomic mass is 10.2. The third-order valence-electron chi connectivity index (χ3n) is 3.67. The number of amides is 1. The quantitative estimate of drug-likeness (QED) is 0.537. The smallest absolute Gasteiger partial charge is 0.331 e. The summed E-state index contributed by atoms with van der Waals surface area (Å²) < 4.78 is 6.12. The molecule has 0 saturated carbocycles. The summed E-state index contributed by atoms with van der Waals surface area (Å²) in [5.41, 5.74) is 0. The summed E-state index contributed by atoms with van der Waals surface area (Å²) in [5, 5.41) is 1.58. The maximum absolute atomic E-state index is 12.2. The highest BCUT2D eigenvalue weighted by atomic mass is 35.5. The van der Waals surface area contributed by atoms with Crippen molar-refractivity contribution in [1.82, 2.24) is 4.90 Å². The minimum Gasteiger partial charge on any atom is -0.452 e. The van der Waals surface area contributed by atoms with E-state index in [1.807, 2.05) is 52.0 Å². The highest BCUT2D eigenvalue weighted by Crippen LogP contribution is 2.35. The molecule has 0 saturated heterocycles. The van der Waals surface area contributed by atoms with E-state index < -0.39 is 5.97 Å². The number of thiophene rings is 1. The molecule has 1 aromatic heterocycles. The maximum Gasteiger partial charge on any atom is 0.331 e. The van der Waals surface area contributed by atoms with E-state index in [0.717, 1.165) is 15.0 Å². The molecule has 0 aliphatic carbocycles. The fraction of sp³-hybridized carbons (Fsp3) is 0.368. The normalized spacial score (nSPS) is 11.6. The molecule has 0 bridgehead atoms. The van der Waals surface area contributed by atoms with Crippen molar-refractivity contribution in [3.8, 4) is 0 Å². The molecule has 0 aliphatic heterocycles. The Balaban J connectivity index is 1.98. The number of carbonyl (C=O) groups is 2. The van der Waals surface area contributed by atoms with Gasteiger partial charge in [0, 0.05) is 33.1 Å². The molecule has 0 N–H and O–H groups in total. The number of rotatable bonds is 6. The number of hydrogen-bond acceptors (Lipinski definition) is 4. The van der Waals surface area contributed by atoms with Crippen LogP contribution in [-0.4, -0.2) is 35.5 Å². The minimum absolute atomic E-state index is 0.0547. The van der Waals surface area contributed by atoms with Crippen molar-refractivity contribution in [3.05, 3.63) is 40.2 Å². The molecule has 1 amide bonds. The van der Waals surface area contributed by atoms with Gasteiger partial charge in [-0.15, -0.1) is 11.3 Å². The Hall–Kier alpha value is -1.85. The molecule has 134 valence electrons. The Bertz CT molecular complexity index is 787. The van der Waals surface area contributed by atoms with Gasteiger partial charge in [-0.25, -0.2) is 4.79 Å². The van der Waals surface area contributed by atoms with E-state index in [0.29, 0.717) is 5.02 Å². The topological polar surface area (TPSA) is 46.6 Å². The monoisotopic (exact) mass is 379 g/mol. The maximum atomic E-state index is 12.2. The van der Waals surface area contributed by atoms with Gasteiger partial charge < -0.3 is 9.64 Å². The number of halogens is 1. The molecular weight excluding hydrogens is 358 g/mol. The third kappa shape index (κ3) is 4.83. The van der Waals surface area contributed by atoms with Gasteiger partial charge in [-0.2, -0.15) is 0 Å². The summed E-state index contributed by atoms with van der Waals surface area (Å²) in [6.07, 6.45) is 2.93. The Morgan fingerprint density at radius 3 is 2.44 bits per heavy atom.